The molecule has 0 fully saturated rings. The molecule has 0 bridgehead atoms. The van der Waals surface area contributed by atoms with E-state index in [9.17, 15) is 0 Å². The predicted octanol–water partition coefficient (Wildman–Crippen LogP) is 3.57. The van der Waals surface area contributed by atoms with Crippen LogP contribution in [0.15, 0.2) is 42.5 Å². The molecule has 3 heteroatoms. The van der Waals surface area contributed by atoms with E-state index in [0.717, 1.165) is 17.1 Å². The second kappa shape index (κ2) is 5.30. The molecule has 2 aromatic rings. The minimum Gasteiger partial charge on any atom is -0.487 e. The van der Waals surface area contributed by atoms with Crippen LogP contribution in [0.3, 0.4) is 0 Å². The van der Waals surface area contributed by atoms with Crippen molar-refractivity contribution in [2.45, 2.75) is 13.5 Å². The fraction of sp³-hybridized carbons (Fsp3) is 0.154. The van der Waals surface area contributed by atoms with Gasteiger partial charge in [0, 0.05) is 9.26 Å². The number of benzene rings is 1. The molecule has 82 valence electrons. The average Bonchev–Trinajstić information content (AvgIpc) is 2.28. The van der Waals surface area contributed by atoms with Gasteiger partial charge in [0.15, 0.2) is 0 Å². The molecule has 1 heterocycles. The molecule has 0 aliphatic heterocycles. The monoisotopic (exact) mass is 325 g/mol. The Balaban J connectivity index is 1.99. The molecule has 0 N–H and O–H groups in total. The Kier molecular flexibility index (Phi) is 3.77. The van der Waals surface area contributed by atoms with E-state index in [-0.39, 0.29) is 0 Å². The normalized spacial score (nSPS) is 10.1. The standard InChI is InChI=1S/C13H12INO/c1-10-3-2-4-12(15-10)9-16-13-7-5-11(14)6-8-13/h2-8H,9H2,1H3. The molecule has 2 rings (SSSR count). The SMILES string of the molecule is Cc1cccc(COc2ccc(I)cc2)n1. The van der Waals surface area contributed by atoms with Gasteiger partial charge in [-0.05, 0) is 65.9 Å². The largest absolute Gasteiger partial charge is 0.487 e. The Morgan fingerprint density at radius 1 is 1.12 bits per heavy atom. The third-order valence-corrected chi connectivity index (χ3v) is 2.87. The van der Waals surface area contributed by atoms with Gasteiger partial charge >= 0.3 is 0 Å². The number of rotatable bonds is 3. The lowest BCUT2D eigenvalue weighted by Crippen LogP contribution is -1.98. The van der Waals surface area contributed by atoms with Crippen LogP contribution in [-0.2, 0) is 6.61 Å². The smallest absolute Gasteiger partial charge is 0.130 e. The van der Waals surface area contributed by atoms with E-state index in [4.69, 9.17) is 4.74 Å². The van der Waals surface area contributed by atoms with Crippen LogP contribution in [0.4, 0.5) is 0 Å². The minimum atomic E-state index is 0.516. The van der Waals surface area contributed by atoms with Gasteiger partial charge < -0.3 is 4.74 Å². The molecule has 16 heavy (non-hydrogen) atoms. The van der Waals surface area contributed by atoms with Crippen LogP contribution < -0.4 is 4.74 Å². The van der Waals surface area contributed by atoms with Crippen molar-refractivity contribution >= 4 is 22.6 Å². The maximum absolute atomic E-state index is 5.64. The molecule has 1 aromatic heterocycles. The van der Waals surface area contributed by atoms with Crippen molar-refractivity contribution in [3.05, 3.63) is 57.4 Å². The molecular weight excluding hydrogens is 313 g/mol. The summed E-state index contributed by atoms with van der Waals surface area (Å²) in [6.07, 6.45) is 0. The van der Waals surface area contributed by atoms with Gasteiger partial charge in [0.25, 0.3) is 0 Å². The average molecular weight is 325 g/mol. The first-order valence-electron chi connectivity index (χ1n) is 5.05. The first-order valence-corrected chi connectivity index (χ1v) is 6.13. The summed E-state index contributed by atoms with van der Waals surface area (Å²) in [6.45, 7) is 2.50. The molecule has 1 aromatic carbocycles. The van der Waals surface area contributed by atoms with Crippen LogP contribution in [0.5, 0.6) is 5.75 Å². The van der Waals surface area contributed by atoms with Crippen molar-refractivity contribution in [2.24, 2.45) is 0 Å². The summed E-state index contributed by atoms with van der Waals surface area (Å²) in [7, 11) is 0. The highest BCUT2D eigenvalue weighted by Crippen LogP contribution is 2.14. The first-order chi connectivity index (χ1) is 7.74. The van der Waals surface area contributed by atoms with Crippen molar-refractivity contribution in [2.75, 3.05) is 0 Å². The molecule has 2 nitrogen and oxygen atoms in total. The molecule has 0 saturated heterocycles. The number of halogens is 1. The van der Waals surface area contributed by atoms with E-state index in [1.54, 1.807) is 0 Å². The second-order valence-corrected chi connectivity index (χ2v) is 4.76. The van der Waals surface area contributed by atoms with Crippen LogP contribution in [0.2, 0.25) is 0 Å². The highest BCUT2D eigenvalue weighted by Gasteiger charge is 1.97. The van der Waals surface area contributed by atoms with Gasteiger partial charge in [-0.1, -0.05) is 6.07 Å². The predicted molar refractivity (Wildman–Crippen MR) is 72.5 cm³/mol. The van der Waals surface area contributed by atoms with Gasteiger partial charge in [-0.2, -0.15) is 0 Å². The third kappa shape index (κ3) is 3.20. The van der Waals surface area contributed by atoms with E-state index in [1.807, 2.05) is 49.4 Å². The third-order valence-electron chi connectivity index (χ3n) is 2.15. The highest BCUT2D eigenvalue weighted by atomic mass is 127. The first kappa shape index (κ1) is 11.4. The quantitative estimate of drug-likeness (QED) is 0.805. The van der Waals surface area contributed by atoms with Gasteiger partial charge in [-0.15, -0.1) is 0 Å². The molecule has 0 amide bonds. The van der Waals surface area contributed by atoms with Crippen LogP contribution in [0, 0.1) is 10.5 Å². The second-order valence-electron chi connectivity index (χ2n) is 3.51. The lowest BCUT2D eigenvalue weighted by Gasteiger charge is -2.06. The maximum Gasteiger partial charge on any atom is 0.130 e. The van der Waals surface area contributed by atoms with Gasteiger partial charge in [0.1, 0.15) is 12.4 Å². The Hall–Kier alpha value is -1.10. The molecule has 0 unspecified atom stereocenters. The summed E-state index contributed by atoms with van der Waals surface area (Å²) < 4.78 is 6.84. The van der Waals surface area contributed by atoms with Crippen LogP contribution in [0.25, 0.3) is 0 Å². The molecule has 0 saturated carbocycles. The van der Waals surface area contributed by atoms with E-state index in [2.05, 4.69) is 27.6 Å². The zero-order valence-corrected chi connectivity index (χ0v) is 11.1. The molecule has 0 aliphatic carbocycles. The van der Waals surface area contributed by atoms with Gasteiger partial charge in [-0.3, -0.25) is 4.98 Å². The Morgan fingerprint density at radius 3 is 2.56 bits per heavy atom. The van der Waals surface area contributed by atoms with Gasteiger partial charge in [-0.25, -0.2) is 0 Å². The summed E-state index contributed by atoms with van der Waals surface area (Å²) >= 11 is 2.27. The fourth-order valence-corrected chi connectivity index (χ4v) is 1.73. The number of aromatic nitrogens is 1. The molecule has 0 aliphatic rings. The summed E-state index contributed by atoms with van der Waals surface area (Å²) in [5.74, 6) is 0.878. The Morgan fingerprint density at radius 2 is 1.88 bits per heavy atom. The van der Waals surface area contributed by atoms with Gasteiger partial charge in [0.2, 0.25) is 0 Å². The highest BCUT2D eigenvalue weighted by molar-refractivity contribution is 14.1. The number of hydrogen-bond acceptors (Lipinski definition) is 2. The van der Waals surface area contributed by atoms with E-state index < -0.39 is 0 Å². The molecule has 0 atom stereocenters. The lowest BCUT2D eigenvalue weighted by atomic mass is 10.3. The number of ether oxygens (including phenoxy) is 1. The maximum atomic E-state index is 5.64. The summed E-state index contributed by atoms with van der Waals surface area (Å²) in [6, 6.07) is 13.9. The zero-order valence-electron chi connectivity index (χ0n) is 8.98. The van der Waals surface area contributed by atoms with E-state index in [0.29, 0.717) is 6.61 Å². The van der Waals surface area contributed by atoms with E-state index >= 15 is 0 Å². The lowest BCUT2D eigenvalue weighted by molar-refractivity contribution is 0.301. The summed E-state index contributed by atoms with van der Waals surface area (Å²) in [5.41, 5.74) is 1.97. The number of aryl methyl sites for hydroxylation is 1. The van der Waals surface area contributed by atoms with Crippen molar-refractivity contribution in [1.82, 2.24) is 4.98 Å². The minimum absolute atomic E-state index is 0.516. The summed E-state index contributed by atoms with van der Waals surface area (Å²) in [4.78, 5) is 4.38. The van der Waals surface area contributed by atoms with Crippen molar-refractivity contribution < 1.29 is 4.74 Å². The topological polar surface area (TPSA) is 22.1 Å². The number of nitrogens with zero attached hydrogens (tertiary/aromatic N) is 1. The number of hydrogen-bond donors (Lipinski definition) is 0. The number of pyridine rings is 1. The van der Waals surface area contributed by atoms with Crippen molar-refractivity contribution in [3.8, 4) is 5.75 Å². The van der Waals surface area contributed by atoms with Crippen molar-refractivity contribution in [1.29, 1.82) is 0 Å². The fourth-order valence-electron chi connectivity index (χ4n) is 1.37. The van der Waals surface area contributed by atoms with Crippen LogP contribution >= 0.6 is 22.6 Å². The Labute approximate surface area is 109 Å². The Bertz CT molecular complexity index is 468. The molecule has 0 spiro atoms. The van der Waals surface area contributed by atoms with Gasteiger partial charge in [0.05, 0.1) is 5.69 Å². The molecular formula is C13H12INO. The van der Waals surface area contributed by atoms with Crippen molar-refractivity contribution in [3.63, 3.8) is 0 Å². The van der Waals surface area contributed by atoms with Crippen LogP contribution in [-0.4, -0.2) is 4.98 Å². The molecule has 0 radical (unpaired) electrons. The summed E-state index contributed by atoms with van der Waals surface area (Å²) in [5, 5.41) is 0. The van der Waals surface area contributed by atoms with Crippen LogP contribution in [0.1, 0.15) is 11.4 Å². The van der Waals surface area contributed by atoms with E-state index in [1.165, 1.54) is 3.57 Å². The zero-order chi connectivity index (χ0) is 11.4.